The quantitative estimate of drug-likeness (QED) is 0.239. The number of nitrogens with one attached hydrogen (secondary N) is 1. The summed E-state index contributed by atoms with van der Waals surface area (Å²) in [5.74, 6) is -1.77. The van der Waals surface area contributed by atoms with E-state index in [-0.39, 0.29) is 12.3 Å². The van der Waals surface area contributed by atoms with E-state index in [9.17, 15) is 28.3 Å². The van der Waals surface area contributed by atoms with E-state index in [4.69, 9.17) is 0 Å². The largest absolute Gasteiger partial charge is 0.481 e. The molecule has 1 heterocycles. The lowest BCUT2D eigenvalue weighted by Crippen LogP contribution is -2.41. The Hall–Kier alpha value is -3.85. The molecule has 0 fully saturated rings. The summed E-state index contributed by atoms with van der Waals surface area (Å²) in [5.41, 5.74) is 4.75. The number of hydrogen-bond donors (Lipinski definition) is 2. The molecule has 0 saturated carbocycles. The SMILES string of the molecule is Cc1cc(C)c(-c2cccc([C@H](CC(=O)O)NC(=O)[C@H](CC(C)C)n3cc(CCN(C)C)cc(C(F)F)c3=O)c2)c(C)c1. The maximum Gasteiger partial charge on any atom is 0.305 e. The molecule has 9 heteroatoms. The minimum Gasteiger partial charge on any atom is -0.481 e. The highest BCUT2D eigenvalue weighted by atomic mass is 19.3. The van der Waals surface area contributed by atoms with Crippen molar-refractivity contribution >= 4 is 11.9 Å². The predicted molar refractivity (Wildman–Crippen MR) is 166 cm³/mol. The second-order valence-electron chi connectivity index (χ2n) is 12.1. The summed E-state index contributed by atoms with van der Waals surface area (Å²) < 4.78 is 29.0. The Labute approximate surface area is 252 Å². The van der Waals surface area contributed by atoms with E-state index in [1.165, 1.54) is 12.3 Å². The monoisotopic (exact) mass is 595 g/mol. The maximum absolute atomic E-state index is 14.0. The lowest BCUT2D eigenvalue weighted by atomic mass is 9.91. The van der Waals surface area contributed by atoms with E-state index in [2.05, 4.69) is 17.4 Å². The minimum absolute atomic E-state index is 0.0585. The summed E-state index contributed by atoms with van der Waals surface area (Å²) in [5, 5.41) is 12.6. The number of pyridine rings is 1. The van der Waals surface area contributed by atoms with Gasteiger partial charge in [-0.3, -0.25) is 14.4 Å². The van der Waals surface area contributed by atoms with Gasteiger partial charge in [0.25, 0.3) is 12.0 Å². The number of rotatable bonds is 13. The average molecular weight is 596 g/mol. The first-order valence-corrected chi connectivity index (χ1v) is 14.6. The number of carboxylic acid groups (broad SMARTS) is 1. The van der Waals surface area contributed by atoms with E-state index < -0.39 is 47.9 Å². The van der Waals surface area contributed by atoms with Crippen molar-refractivity contribution in [1.82, 2.24) is 14.8 Å². The number of hydrogen-bond acceptors (Lipinski definition) is 4. The molecule has 1 aromatic heterocycles. The van der Waals surface area contributed by atoms with Gasteiger partial charge in [-0.25, -0.2) is 8.78 Å². The number of carbonyl (C=O) groups excluding carboxylic acids is 1. The number of aromatic nitrogens is 1. The van der Waals surface area contributed by atoms with Crippen molar-refractivity contribution in [2.45, 2.75) is 72.4 Å². The Morgan fingerprint density at radius 1 is 1.02 bits per heavy atom. The van der Waals surface area contributed by atoms with Crippen molar-refractivity contribution in [1.29, 1.82) is 0 Å². The summed E-state index contributed by atoms with van der Waals surface area (Å²) in [4.78, 5) is 41.0. The molecule has 3 aromatic rings. The van der Waals surface area contributed by atoms with Crippen LogP contribution < -0.4 is 10.9 Å². The van der Waals surface area contributed by atoms with Crippen LogP contribution in [0.4, 0.5) is 8.78 Å². The fourth-order valence-electron chi connectivity index (χ4n) is 5.60. The Balaban J connectivity index is 2.06. The molecule has 0 unspecified atom stereocenters. The van der Waals surface area contributed by atoms with Crippen LogP contribution in [0.1, 0.15) is 78.6 Å². The van der Waals surface area contributed by atoms with Crippen LogP contribution >= 0.6 is 0 Å². The van der Waals surface area contributed by atoms with Crippen LogP contribution in [-0.4, -0.2) is 47.1 Å². The number of alkyl halides is 2. The Morgan fingerprint density at radius 2 is 1.67 bits per heavy atom. The molecule has 2 atom stereocenters. The van der Waals surface area contributed by atoms with Gasteiger partial charge >= 0.3 is 5.97 Å². The zero-order valence-electron chi connectivity index (χ0n) is 26.1. The second kappa shape index (κ2) is 14.6. The molecular weight excluding hydrogens is 552 g/mol. The smallest absolute Gasteiger partial charge is 0.305 e. The predicted octanol–water partition coefficient (Wildman–Crippen LogP) is 6.40. The van der Waals surface area contributed by atoms with Crippen LogP contribution in [0, 0.1) is 26.7 Å². The summed E-state index contributed by atoms with van der Waals surface area (Å²) in [6.45, 7) is 10.4. The molecule has 2 aromatic carbocycles. The van der Waals surface area contributed by atoms with Crippen molar-refractivity contribution in [3.63, 3.8) is 0 Å². The van der Waals surface area contributed by atoms with Crippen molar-refractivity contribution in [2.24, 2.45) is 5.92 Å². The molecule has 43 heavy (non-hydrogen) atoms. The molecular formula is C34H43F2N3O4. The van der Waals surface area contributed by atoms with Crippen molar-refractivity contribution < 1.29 is 23.5 Å². The van der Waals surface area contributed by atoms with Gasteiger partial charge in [-0.05, 0) is 99.1 Å². The van der Waals surface area contributed by atoms with Crippen LogP contribution in [0.2, 0.25) is 0 Å². The summed E-state index contributed by atoms with van der Waals surface area (Å²) in [6.07, 6.45) is -1.30. The maximum atomic E-state index is 14.0. The lowest BCUT2D eigenvalue weighted by molar-refractivity contribution is -0.138. The number of amides is 1. The van der Waals surface area contributed by atoms with Gasteiger partial charge in [0, 0.05) is 12.7 Å². The van der Waals surface area contributed by atoms with Gasteiger partial charge in [-0.15, -0.1) is 0 Å². The third-order valence-electron chi connectivity index (χ3n) is 7.49. The summed E-state index contributed by atoms with van der Waals surface area (Å²) in [7, 11) is 3.72. The number of nitrogens with zero attached hydrogens (tertiary/aromatic N) is 2. The Bertz CT molecular complexity index is 1490. The Morgan fingerprint density at radius 3 is 2.23 bits per heavy atom. The van der Waals surface area contributed by atoms with Gasteiger partial charge in [0.1, 0.15) is 6.04 Å². The molecule has 7 nitrogen and oxygen atoms in total. The van der Waals surface area contributed by atoms with Gasteiger partial charge in [-0.2, -0.15) is 0 Å². The molecule has 0 saturated heterocycles. The van der Waals surface area contributed by atoms with Gasteiger partial charge in [0.2, 0.25) is 5.91 Å². The first kappa shape index (κ1) is 33.6. The second-order valence-corrected chi connectivity index (χ2v) is 12.1. The number of carbonyl (C=O) groups is 2. The van der Waals surface area contributed by atoms with Crippen molar-refractivity contribution in [2.75, 3.05) is 20.6 Å². The molecule has 0 aliphatic heterocycles. The average Bonchev–Trinajstić information content (AvgIpc) is 2.90. The van der Waals surface area contributed by atoms with E-state index >= 15 is 0 Å². The van der Waals surface area contributed by atoms with E-state index in [1.54, 1.807) is 6.07 Å². The standard InChI is InChI=1S/C34H43F2N3O4/c1-20(2)13-29(39-19-24(11-12-38(6)7)16-27(32(35)36)34(39)43)33(42)37-28(18-30(40)41)25-9-8-10-26(17-25)31-22(4)14-21(3)15-23(31)5/h8-10,14-17,19-20,28-29,32H,11-13,18H2,1-7H3,(H,37,42)(H,40,41)/t28-,29-/m0/s1. The molecule has 3 rings (SSSR count). The molecule has 0 aliphatic rings. The first-order chi connectivity index (χ1) is 20.2. The van der Waals surface area contributed by atoms with Crippen molar-refractivity contribution in [3.05, 3.63) is 92.4 Å². The fourth-order valence-corrected chi connectivity index (χ4v) is 5.60. The molecule has 2 N–H and O–H groups in total. The first-order valence-electron chi connectivity index (χ1n) is 14.6. The van der Waals surface area contributed by atoms with Crippen molar-refractivity contribution in [3.8, 4) is 11.1 Å². The lowest BCUT2D eigenvalue weighted by Gasteiger charge is -2.26. The van der Waals surface area contributed by atoms with Gasteiger partial charge < -0.3 is 19.9 Å². The van der Waals surface area contributed by atoms with Crippen LogP contribution in [-0.2, 0) is 16.0 Å². The van der Waals surface area contributed by atoms with Crippen LogP contribution in [0.25, 0.3) is 11.1 Å². The highest BCUT2D eigenvalue weighted by Crippen LogP contribution is 2.31. The highest BCUT2D eigenvalue weighted by Gasteiger charge is 2.29. The molecule has 0 radical (unpaired) electrons. The molecule has 0 bridgehead atoms. The zero-order valence-corrected chi connectivity index (χ0v) is 26.1. The molecule has 1 amide bonds. The summed E-state index contributed by atoms with van der Waals surface area (Å²) >= 11 is 0. The number of carboxylic acids is 1. The zero-order chi connectivity index (χ0) is 32.0. The number of benzene rings is 2. The van der Waals surface area contributed by atoms with Gasteiger partial charge in [-0.1, -0.05) is 49.7 Å². The normalized spacial score (nSPS) is 13.0. The highest BCUT2D eigenvalue weighted by molar-refractivity contribution is 5.82. The molecule has 0 aliphatic carbocycles. The number of aryl methyl sites for hydroxylation is 3. The molecule has 232 valence electrons. The van der Waals surface area contributed by atoms with Crippen LogP contribution in [0.3, 0.4) is 0 Å². The van der Waals surface area contributed by atoms with E-state index in [0.29, 0.717) is 24.1 Å². The Kier molecular flexibility index (Phi) is 11.4. The fraction of sp³-hybridized carbons (Fsp3) is 0.441. The van der Waals surface area contributed by atoms with Crippen LogP contribution in [0.5, 0.6) is 0 Å². The summed E-state index contributed by atoms with van der Waals surface area (Å²) in [6, 6.07) is 10.8. The van der Waals surface area contributed by atoms with Gasteiger partial charge in [0.15, 0.2) is 0 Å². The minimum atomic E-state index is -3.00. The van der Waals surface area contributed by atoms with E-state index in [0.717, 1.165) is 32.4 Å². The van der Waals surface area contributed by atoms with E-state index in [1.807, 2.05) is 71.8 Å². The van der Waals surface area contributed by atoms with Gasteiger partial charge in [0.05, 0.1) is 18.0 Å². The topological polar surface area (TPSA) is 91.6 Å². The number of likely N-dealkylation sites (N-methyl/N-ethyl adjacent to an activating group) is 1. The third kappa shape index (κ3) is 8.83. The van der Waals surface area contributed by atoms with Crippen LogP contribution in [0.15, 0.2) is 53.5 Å². The number of aliphatic carboxylic acids is 1. The molecule has 0 spiro atoms. The third-order valence-corrected chi connectivity index (χ3v) is 7.49. The number of halogens is 2.